The smallest absolute Gasteiger partial charge is 0.262 e. The van der Waals surface area contributed by atoms with Gasteiger partial charge in [-0.2, -0.15) is 10.1 Å². The van der Waals surface area contributed by atoms with Crippen LogP contribution in [0.4, 0.5) is 5.69 Å². The van der Waals surface area contributed by atoms with Crippen LogP contribution in [-0.4, -0.2) is 47.2 Å². The number of amides is 2. The highest BCUT2D eigenvalue weighted by atomic mass is 35.5. The number of aliphatic imine (C=N–C) groups is 1. The molecule has 38 heavy (non-hydrogen) atoms. The molecule has 10 heteroatoms. The zero-order valence-electron chi connectivity index (χ0n) is 20.8. The van der Waals surface area contributed by atoms with Gasteiger partial charge in [-0.15, -0.1) is 0 Å². The van der Waals surface area contributed by atoms with Gasteiger partial charge in [0.2, 0.25) is 5.91 Å². The number of para-hydroxylation sites is 2. The zero-order valence-corrected chi connectivity index (χ0v) is 22.3. The van der Waals surface area contributed by atoms with Crippen LogP contribution < -0.4 is 14.8 Å². The van der Waals surface area contributed by atoms with Crippen LogP contribution in [0.1, 0.15) is 30.0 Å². The number of hydrogen-bond acceptors (Lipinski definition) is 7. The standard InChI is InChI=1S/C28H25ClN4O4S/c1-36-20-13-9-17(10-14-20)22-15-23(18-7-11-19(29)12-8-18)33(32-22)28-31-27(35)25(38-28)16-26(34)30-21-5-3-4-6-24(21)37-2/h3-14,23,25H,15-16H2,1-2H3,(H,30,34)/t23-,25+/m0/s1. The van der Waals surface area contributed by atoms with Crippen molar-refractivity contribution in [3.8, 4) is 11.5 Å². The maximum absolute atomic E-state index is 12.8. The fourth-order valence-corrected chi connectivity index (χ4v) is 5.50. The van der Waals surface area contributed by atoms with E-state index < -0.39 is 5.25 Å². The number of halogens is 1. The van der Waals surface area contributed by atoms with Crippen LogP contribution in [0.25, 0.3) is 0 Å². The lowest BCUT2D eigenvalue weighted by molar-refractivity contribution is -0.121. The molecule has 0 bridgehead atoms. The summed E-state index contributed by atoms with van der Waals surface area (Å²) >= 11 is 7.38. The Labute approximate surface area is 229 Å². The van der Waals surface area contributed by atoms with Crippen LogP contribution >= 0.6 is 23.4 Å². The molecule has 0 aromatic heterocycles. The highest BCUT2D eigenvalue weighted by Crippen LogP contribution is 2.39. The average Bonchev–Trinajstić information content (AvgIpc) is 3.53. The van der Waals surface area contributed by atoms with E-state index in [9.17, 15) is 9.59 Å². The van der Waals surface area contributed by atoms with Crippen molar-refractivity contribution in [1.29, 1.82) is 0 Å². The number of thioether (sulfide) groups is 1. The molecule has 2 heterocycles. The van der Waals surface area contributed by atoms with Crippen LogP contribution in [0, 0.1) is 0 Å². The van der Waals surface area contributed by atoms with Crippen LogP contribution in [0.2, 0.25) is 5.02 Å². The third kappa shape index (κ3) is 5.54. The number of rotatable bonds is 7. The summed E-state index contributed by atoms with van der Waals surface area (Å²) in [4.78, 5) is 29.9. The summed E-state index contributed by atoms with van der Waals surface area (Å²) in [6, 6.07) is 22.2. The number of amidine groups is 1. The van der Waals surface area contributed by atoms with E-state index in [1.165, 1.54) is 18.9 Å². The van der Waals surface area contributed by atoms with E-state index in [-0.39, 0.29) is 24.3 Å². The summed E-state index contributed by atoms with van der Waals surface area (Å²) in [5.41, 5.74) is 3.36. The van der Waals surface area contributed by atoms with Gasteiger partial charge in [-0.1, -0.05) is 47.6 Å². The predicted octanol–water partition coefficient (Wildman–Crippen LogP) is 5.54. The van der Waals surface area contributed by atoms with Gasteiger partial charge in [0, 0.05) is 17.9 Å². The Kier molecular flexibility index (Phi) is 7.67. The summed E-state index contributed by atoms with van der Waals surface area (Å²) in [6.07, 6.45) is 0.587. The van der Waals surface area contributed by atoms with E-state index in [0.29, 0.717) is 28.0 Å². The Hall–Kier alpha value is -3.82. The van der Waals surface area contributed by atoms with Gasteiger partial charge in [0.05, 0.1) is 31.7 Å². The number of carbonyl (C=O) groups excluding carboxylic acids is 2. The highest BCUT2D eigenvalue weighted by Gasteiger charge is 2.39. The molecule has 3 aromatic rings. The topological polar surface area (TPSA) is 92.6 Å². The van der Waals surface area contributed by atoms with Crippen molar-refractivity contribution in [3.63, 3.8) is 0 Å². The van der Waals surface area contributed by atoms with Crippen molar-refractivity contribution in [1.82, 2.24) is 5.01 Å². The average molecular weight is 549 g/mol. The second kappa shape index (κ2) is 11.3. The van der Waals surface area contributed by atoms with Gasteiger partial charge in [0.25, 0.3) is 5.91 Å². The lowest BCUT2D eigenvalue weighted by Gasteiger charge is -2.23. The molecule has 5 rings (SSSR count). The van der Waals surface area contributed by atoms with Crippen molar-refractivity contribution < 1.29 is 19.1 Å². The molecule has 2 aliphatic heterocycles. The van der Waals surface area contributed by atoms with Gasteiger partial charge in [-0.05, 0) is 59.7 Å². The van der Waals surface area contributed by atoms with E-state index in [2.05, 4.69) is 10.3 Å². The molecule has 0 unspecified atom stereocenters. The number of benzene rings is 3. The van der Waals surface area contributed by atoms with Gasteiger partial charge >= 0.3 is 0 Å². The number of anilines is 1. The van der Waals surface area contributed by atoms with Crippen LogP contribution in [0.3, 0.4) is 0 Å². The van der Waals surface area contributed by atoms with Gasteiger partial charge in [-0.3, -0.25) is 9.59 Å². The minimum atomic E-state index is -0.647. The third-order valence-corrected chi connectivity index (χ3v) is 7.66. The van der Waals surface area contributed by atoms with Crippen molar-refractivity contribution >= 4 is 51.7 Å². The Morgan fingerprint density at radius 1 is 1.05 bits per heavy atom. The molecule has 8 nitrogen and oxygen atoms in total. The van der Waals surface area contributed by atoms with Crippen LogP contribution in [0.5, 0.6) is 11.5 Å². The molecular weight excluding hydrogens is 524 g/mol. The lowest BCUT2D eigenvalue weighted by atomic mass is 9.98. The van der Waals surface area contributed by atoms with E-state index >= 15 is 0 Å². The summed E-state index contributed by atoms with van der Waals surface area (Å²) in [7, 11) is 3.16. The number of nitrogens with one attached hydrogen (secondary N) is 1. The number of hydrogen-bond donors (Lipinski definition) is 1. The third-order valence-electron chi connectivity index (χ3n) is 6.27. The first-order chi connectivity index (χ1) is 18.4. The number of carbonyl (C=O) groups is 2. The number of nitrogens with zero attached hydrogens (tertiary/aromatic N) is 3. The molecule has 0 radical (unpaired) electrons. The molecule has 1 N–H and O–H groups in total. The Bertz CT molecular complexity index is 1410. The molecule has 194 valence electrons. The molecule has 2 amide bonds. The first kappa shape index (κ1) is 25.8. The highest BCUT2D eigenvalue weighted by molar-refractivity contribution is 8.15. The van der Waals surface area contributed by atoms with E-state index in [4.69, 9.17) is 26.2 Å². The molecular formula is C28H25ClN4O4S. The van der Waals surface area contributed by atoms with Crippen LogP contribution in [0.15, 0.2) is 82.9 Å². The first-order valence-corrected chi connectivity index (χ1v) is 13.2. The van der Waals surface area contributed by atoms with Crippen molar-refractivity contribution in [2.45, 2.75) is 24.1 Å². The Balaban J connectivity index is 1.35. The predicted molar refractivity (Wildman–Crippen MR) is 150 cm³/mol. The second-order valence-electron chi connectivity index (χ2n) is 8.68. The summed E-state index contributed by atoms with van der Waals surface area (Å²) in [5.74, 6) is 0.651. The molecule has 0 fully saturated rings. The monoisotopic (exact) mass is 548 g/mol. The minimum absolute atomic E-state index is 0.0248. The molecule has 2 atom stereocenters. The van der Waals surface area contributed by atoms with Crippen molar-refractivity contribution in [2.24, 2.45) is 10.1 Å². The van der Waals surface area contributed by atoms with Crippen molar-refractivity contribution in [3.05, 3.63) is 88.9 Å². The van der Waals surface area contributed by atoms with Gasteiger partial charge in [0.15, 0.2) is 5.17 Å². The molecule has 0 aliphatic carbocycles. The van der Waals surface area contributed by atoms with Crippen molar-refractivity contribution in [2.75, 3.05) is 19.5 Å². The fraction of sp³-hybridized carbons (Fsp3) is 0.214. The second-order valence-corrected chi connectivity index (χ2v) is 10.3. The minimum Gasteiger partial charge on any atom is -0.497 e. The largest absolute Gasteiger partial charge is 0.497 e. The summed E-state index contributed by atoms with van der Waals surface area (Å²) < 4.78 is 10.6. The van der Waals surface area contributed by atoms with Crippen LogP contribution in [-0.2, 0) is 9.59 Å². The maximum Gasteiger partial charge on any atom is 0.262 e. The molecule has 2 aliphatic rings. The van der Waals surface area contributed by atoms with Gasteiger partial charge in [-0.25, -0.2) is 5.01 Å². The Morgan fingerprint density at radius 3 is 2.50 bits per heavy atom. The van der Waals surface area contributed by atoms with E-state index in [1.54, 1.807) is 30.3 Å². The number of methoxy groups -OCH3 is 2. The molecule has 0 saturated carbocycles. The number of hydrazone groups is 1. The molecule has 0 saturated heterocycles. The van der Waals surface area contributed by atoms with Gasteiger partial charge < -0.3 is 14.8 Å². The normalized spacial score (nSPS) is 18.7. The summed E-state index contributed by atoms with van der Waals surface area (Å²) in [5, 5.41) is 9.93. The lowest BCUT2D eigenvalue weighted by Crippen LogP contribution is -2.25. The Morgan fingerprint density at radius 2 is 1.79 bits per heavy atom. The summed E-state index contributed by atoms with van der Waals surface area (Å²) in [6.45, 7) is 0. The quantitative estimate of drug-likeness (QED) is 0.417. The zero-order chi connectivity index (χ0) is 26.6. The number of ether oxygens (including phenoxy) is 2. The first-order valence-electron chi connectivity index (χ1n) is 11.9. The van der Waals surface area contributed by atoms with Gasteiger partial charge in [0.1, 0.15) is 16.7 Å². The van der Waals surface area contributed by atoms with E-state index in [1.807, 2.05) is 54.6 Å². The molecule has 3 aromatic carbocycles. The SMILES string of the molecule is COc1ccc(C2=NN(C3=NC(=O)[C@@H](CC(=O)Nc4ccccc4OC)S3)[C@H](c3ccc(Cl)cc3)C2)cc1. The fourth-order valence-electron chi connectivity index (χ4n) is 4.31. The van der Waals surface area contributed by atoms with E-state index in [0.717, 1.165) is 22.6 Å². The maximum atomic E-state index is 12.8. The molecule has 0 spiro atoms.